The summed E-state index contributed by atoms with van der Waals surface area (Å²) in [6, 6.07) is 31.6. The summed E-state index contributed by atoms with van der Waals surface area (Å²) in [4.78, 5) is 0. The first-order valence-electron chi connectivity index (χ1n) is 15.0. The Hall–Kier alpha value is -3.90. The Kier molecular flexibility index (Phi) is 6.57. The van der Waals surface area contributed by atoms with E-state index >= 15 is 0 Å². The SMILES string of the molecule is CC1=CC(C)C(c2c3c(cc(C(C)(C)C)c2=C(c2ccccc2)c2ccccc2)=c2cc(C(C)(C)C)ccc2=C3)=C1. The molecule has 0 amide bonds. The molecule has 2 aliphatic carbocycles. The molecule has 206 valence electrons. The highest BCUT2D eigenvalue weighted by atomic mass is 14.3. The largest absolute Gasteiger partial charge is 0.0743 e. The van der Waals surface area contributed by atoms with Crippen molar-refractivity contribution in [3.05, 3.63) is 157 Å². The van der Waals surface area contributed by atoms with Gasteiger partial charge in [-0.15, -0.1) is 0 Å². The predicted molar refractivity (Wildman–Crippen MR) is 176 cm³/mol. The molecule has 4 aromatic carbocycles. The molecule has 0 spiro atoms. The van der Waals surface area contributed by atoms with Gasteiger partial charge in [0.2, 0.25) is 0 Å². The van der Waals surface area contributed by atoms with E-state index in [0.717, 1.165) is 0 Å². The predicted octanol–water partition coefficient (Wildman–Crippen LogP) is 8.94. The van der Waals surface area contributed by atoms with Crippen molar-refractivity contribution in [3.63, 3.8) is 0 Å². The number of allylic oxidation sites excluding steroid dienone is 4. The van der Waals surface area contributed by atoms with Crippen molar-refractivity contribution in [1.82, 2.24) is 0 Å². The van der Waals surface area contributed by atoms with Crippen molar-refractivity contribution in [2.75, 3.05) is 0 Å². The lowest BCUT2D eigenvalue weighted by Crippen LogP contribution is -2.29. The molecule has 41 heavy (non-hydrogen) atoms. The normalized spacial score (nSPS) is 16.0. The summed E-state index contributed by atoms with van der Waals surface area (Å²) in [6.07, 6.45) is 7.30. The molecule has 0 aromatic heterocycles. The summed E-state index contributed by atoms with van der Waals surface area (Å²) in [5, 5.41) is 5.42. The van der Waals surface area contributed by atoms with Crippen molar-refractivity contribution in [2.24, 2.45) is 5.92 Å². The Labute approximate surface area is 245 Å². The molecule has 0 heterocycles. The number of fused-ring (bicyclic) bond motifs is 2. The molecule has 0 saturated carbocycles. The van der Waals surface area contributed by atoms with Gasteiger partial charge in [0.1, 0.15) is 0 Å². The first-order chi connectivity index (χ1) is 19.4. The second kappa shape index (κ2) is 9.88. The number of rotatable bonds is 3. The smallest absolute Gasteiger partial charge is 0.000175 e. The van der Waals surface area contributed by atoms with Gasteiger partial charge in [0.25, 0.3) is 0 Å². The van der Waals surface area contributed by atoms with E-state index in [1.807, 2.05) is 0 Å². The third-order valence-electron chi connectivity index (χ3n) is 8.74. The average Bonchev–Trinajstić information content (AvgIpc) is 3.46. The first-order valence-corrected chi connectivity index (χ1v) is 15.0. The molecule has 0 nitrogen and oxygen atoms in total. The van der Waals surface area contributed by atoms with Gasteiger partial charge >= 0.3 is 0 Å². The molecule has 0 N–H and O–H groups in total. The van der Waals surface area contributed by atoms with Crippen LogP contribution in [0.5, 0.6) is 0 Å². The average molecular weight is 535 g/mol. The summed E-state index contributed by atoms with van der Waals surface area (Å²) in [5.41, 5.74) is 12.2. The van der Waals surface area contributed by atoms with Gasteiger partial charge in [-0.2, -0.15) is 0 Å². The van der Waals surface area contributed by atoms with Gasteiger partial charge in [0.15, 0.2) is 0 Å². The molecule has 0 saturated heterocycles. The van der Waals surface area contributed by atoms with Crippen LogP contribution in [0.3, 0.4) is 0 Å². The minimum Gasteiger partial charge on any atom is -0.0743 e. The van der Waals surface area contributed by atoms with E-state index in [2.05, 4.69) is 159 Å². The van der Waals surface area contributed by atoms with Crippen LogP contribution in [0, 0.1) is 16.4 Å². The summed E-state index contributed by atoms with van der Waals surface area (Å²) < 4.78 is 0. The summed E-state index contributed by atoms with van der Waals surface area (Å²) in [6.45, 7) is 18.6. The van der Waals surface area contributed by atoms with Crippen LogP contribution in [0.4, 0.5) is 0 Å². The number of hydrogen-bond acceptors (Lipinski definition) is 0. The Bertz CT molecular complexity index is 1890. The minimum absolute atomic E-state index is 0.0663. The highest BCUT2D eigenvalue weighted by molar-refractivity contribution is 5.88. The molecule has 1 unspecified atom stereocenters. The maximum absolute atomic E-state index is 2.52. The molecule has 0 heteroatoms. The van der Waals surface area contributed by atoms with E-state index < -0.39 is 0 Å². The first kappa shape index (κ1) is 27.3. The van der Waals surface area contributed by atoms with E-state index in [1.165, 1.54) is 71.0 Å². The van der Waals surface area contributed by atoms with Crippen molar-refractivity contribution in [1.29, 1.82) is 0 Å². The van der Waals surface area contributed by atoms with Gasteiger partial charge < -0.3 is 0 Å². The summed E-state index contributed by atoms with van der Waals surface area (Å²) >= 11 is 0. The molecule has 6 rings (SSSR count). The zero-order chi connectivity index (χ0) is 29.1. The zero-order valence-corrected chi connectivity index (χ0v) is 25.9. The van der Waals surface area contributed by atoms with Crippen LogP contribution in [-0.4, -0.2) is 0 Å². The molecule has 4 aromatic rings. The lowest BCUT2D eigenvalue weighted by Gasteiger charge is -2.27. The van der Waals surface area contributed by atoms with Crippen molar-refractivity contribution >= 4 is 17.2 Å². The lowest BCUT2D eigenvalue weighted by molar-refractivity contribution is 0.584. The fraction of sp³-hybridized carbons (Fsp3) is 0.268. The topological polar surface area (TPSA) is 0 Å². The van der Waals surface area contributed by atoms with Crippen LogP contribution in [-0.2, 0) is 10.8 Å². The van der Waals surface area contributed by atoms with E-state index in [4.69, 9.17) is 0 Å². The monoisotopic (exact) mass is 534 g/mol. The molecular formula is C41H42. The maximum atomic E-state index is 2.52. The van der Waals surface area contributed by atoms with Crippen LogP contribution in [0.25, 0.3) is 17.2 Å². The van der Waals surface area contributed by atoms with Crippen LogP contribution >= 0.6 is 0 Å². The third-order valence-corrected chi connectivity index (χ3v) is 8.74. The molecule has 0 radical (unpaired) electrons. The fourth-order valence-corrected chi connectivity index (χ4v) is 6.63. The molecule has 0 fully saturated rings. The van der Waals surface area contributed by atoms with Gasteiger partial charge in [-0.25, -0.2) is 0 Å². The van der Waals surface area contributed by atoms with E-state index in [1.54, 1.807) is 0 Å². The third kappa shape index (κ3) is 4.84. The van der Waals surface area contributed by atoms with E-state index in [0.29, 0.717) is 5.92 Å². The molecule has 2 aliphatic rings. The van der Waals surface area contributed by atoms with Gasteiger partial charge in [-0.1, -0.05) is 145 Å². The Balaban J connectivity index is 1.92. The quantitative estimate of drug-likeness (QED) is 0.217. The fourth-order valence-electron chi connectivity index (χ4n) is 6.63. The summed E-state index contributed by atoms with van der Waals surface area (Å²) in [5.74, 6) is 0.350. The highest BCUT2D eigenvalue weighted by Crippen LogP contribution is 2.37. The maximum Gasteiger partial charge on any atom is 0.000175 e. The van der Waals surface area contributed by atoms with E-state index in [-0.39, 0.29) is 10.8 Å². The zero-order valence-electron chi connectivity index (χ0n) is 25.9. The molecular weight excluding hydrogens is 492 g/mol. The number of hydrogen-bond donors (Lipinski definition) is 0. The molecule has 1 atom stereocenters. The standard InChI is InChI=1S/C41H42/c1-26-21-27(2)32(22-26)38-35-23-30-19-20-31(40(3,4)5)24-33(30)34(35)25-36(41(6,7)8)39(38)37(28-15-11-9-12-16-28)29-17-13-10-14-18-29/h9-25,27H,1-8H3. The van der Waals surface area contributed by atoms with E-state index in [9.17, 15) is 0 Å². The van der Waals surface area contributed by atoms with Crippen LogP contribution in [0.15, 0.2) is 103 Å². The van der Waals surface area contributed by atoms with Crippen molar-refractivity contribution in [3.8, 4) is 0 Å². The van der Waals surface area contributed by atoms with Crippen LogP contribution in [0.2, 0.25) is 0 Å². The second-order valence-corrected chi connectivity index (χ2v) is 14.0. The minimum atomic E-state index is -0.0663. The van der Waals surface area contributed by atoms with Crippen molar-refractivity contribution < 1.29 is 0 Å². The van der Waals surface area contributed by atoms with Gasteiger partial charge in [0, 0.05) is 5.92 Å². The lowest BCUT2D eigenvalue weighted by atomic mass is 9.77. The number of benzene rings is 4. The van der Waals surface area contributed by atoms with Gasteiger partial charge in [0.05, 0.1) is 0 Å². The second-order valence-electron chi connectivity index (χ2n) is 14.0. The van der Waals surface area contributed by atoms with Crippen molar-refractivity contribution in [2.45, 2.75) is 66.2 Å². The highest BCUT2D eigenvalue weighted by Gasteiger charge is 2.28. The van der Waals surface area contributed by atoms with Gasteiger partial charge in [-0.05, 0) is 95.3 Å². The summed E-state index contributed by atoms with van der Waals surface area (Å²) in [7, 11) is 0. The van der Waals surface area contributed by atoms with Crippen LogP contribution < -0.4 is 10.4 Å². The Morgan fingerprint density at radius 1 is 0.659 bits per heavy atom. The molecule has 0 bridgehead atoms. The van der Waals surface area contributed by atoms with Crippen LogP contribution in [0.1, 0.15) is 88.8 Å². The van der Waals surface area contributed by atoms with Gasteiger partial charge in [-0.3, -0.25) is 0 Å². The molecule has 0 aliphatic heterocycles. The Morgan fingerprint density at radius 3 is 1.78 bits per heavy atom. The Morgan fingerprint density at radius 2 is 1.27 bits per heavy atom.